The molecule has 2 aliphatic rings. The lowest BCUT2D eigenvalue weighted by Gasteiger charge is -2.34. The summed E-state index contributed by atoms with van der Waals surface area (Å²) in [4.78, 5) is 14.2. The molecule has 0 bridgehead atoms. The minimum absolute atomic E-state index is 0.194. The van der Waals surface area contributed by atoms with Crippen molar-refractivity contribution in [3.8, 4) is 11.8 Å². The number of ether oxygens (including phenoxy) is 1. The monoisotopic (exact) mass is 495 g/mol. The zero-order valence-corrected chi connectivity index (χ0v) is 20.1. The fourth-order valence-electron chi connectivity index (χ4n) is 4.85. The first kappa shape index (κ1) is 21.9. The Balaban J connectivity index is 1.56. The van der Waals surface area contributed by atoms with Gasteiger partial charge in [-0.2, -0.15) is 10.4 Å². The average molecular weight is 496 g/mol. The summed E-state index contributed by atoms with van der Waals surface area (Å²) < 4.78 is 7.12. The van der Waals surface area contributed by atoms with Crippen LogP contribution < -0.4 is 21.3 Å². The number of nitrogens with one attached hydrogen (secondary N) is 2. The van der Waals surface area contributed by atoms with E-state index in [1.165, 1.54) is 11.3 Å². The topological polar surface area (TPSA) is 134 Å². The lowest BCUT2D eigenvalue weighted by atomic mass is 9.83. The van der Waals surface area contributed by atoms with Crippen LogP contribution in [-0.4, -0.2) is 16.9 Å². The first-order valence-electron chi connectivity index (χ1n) is 11.4. The van der Waals surface area contributed by atoms with Gasteiger partial charge in [-0.05, 0) is 42.7 Å². The predicted octanol–water partition coefficient (Wildman–Crippen LogP) is 5.49. The second-order valence-electron chi connectivity index (χ2n) is 8.49. The summed E-state index contributed by atoms with van der Waals surface area (Å²) in [5.41, 5.74) is 10.8. The summed E-state index contributed by atoms with van der Waals surface area (Å²) in [7, 11) is 1.62. The van der Waals surface area contributed by atoms with Crippen molar-refractivity contribution in [3.63, 3.8) is 0 Å². The molecule has 9 nitrogen and oxygen atoms in total. The highest BCUT2D eigenvalue weighted by molar-refractivity contribution is 7.16. The number of aromatic amines is 1. The van der Waals surface area contributed by atoms with E-state index in [1.807, 2.05) is 54.6 Å². The van der Waals surface area contributed by atoms with E-state index in [0.717, 1.165) is 39.4 Å². The number of benzene rings is 2. The Morgan fingerprint density at radius 3 is 2.64 bits per heavy atom. The van der Waals surface area contributed by atoms with E-state index in [9.17, 15) is 10.1 Å². The predicted molar refractivity (Wildman–Crippen MR) is 139 cm³/mol. The molecular weight excluding hydrogens is 474 g/mol. The van der Waals surface area contributed by atoms with Gasteiger partial charge in [0.1, 0.15) is 22.9 Å². The van der Waals surface area contributed by atoms with Crippen molar-refractivity contribution >= 4 is 39.1 Å². The van der Waals surface area contributed by atoms with Crippen molar-refractivity contribution in [1.82, 2.24) is 9.78 Å². The smallest absolute Gasteiger partial charge is 0.294 e. The van der Waals surface area contributed by atoms with Crippen LogP contribution in [0.5, 0.6) is 5.75 Å². The highest BCUT2D eigenvalue weighted by atomic mass is 32.1. The number of nitrogens with zero attached hydrogens (tertiary/aromatic N) is 4. The maximum atomic E-state index is 13.1. The van der Waals surface area contributed by atoms with Gasteiger partial charge in [-0.1, -0.05) is 30.3 Å². The number of H-pyrrole nitrogens is 1. The Hall–Kier alpha value is -4.62. The number of thiophene rings is 1. The minimum atomic E-state index is -0.407. The summed E-state index contributed by atoms with van der Waals surface area (Å²) in [6.07, 6.45) is 1.47. The fourth-order valence-corrected chi connectivity index (χ4v) is 5.88. The Labute approximate surface area is 210 Å². The first-order chi connectivity index (χ1) is 17.6. The molecule has 0 amide bonds. The maximum Gasteiger partial charge on any atom is 0.294 e. The third-order valence-corrected chi connectivity index (χ3v) is 7.55. The highest BCUT2D eigenvalue weighted by Crippen LogP contribution is 2.51. The van der Waals surface area contributed by atoms with E-state index in [-0.39, 0.29) is 11.2 Å². The molecule has 4 aromatic rings. The summed E-state index contributed by atoms with van der Waals surface area (Å²) in [5.74, 6) is 1.26. The fraction of sp³-hybridized carbons (Fsp3) is 0.154. The molecule has 6 rings (SSSR count). The van der Waals surface area contributed by atoms with E-state index in [0.29, 0.717) is 28.5 Å². The Kier molecular flexibility index (Phi) is 5.20. The number of hydrogen-bond donors (Lipinski definition) is 3. The Morgan fingerprint density at radius 1 is 1.14 bits per heavy atom. The third kappa shape index (κ3) is 3.40. The lowest BCUT2D eigenvalue weighted by molar-refractivity contribution is 0.414. The van der Waals surface area contributed by atoms with E-state index in [4.69, 9.17) is 10.5 Å². The van der Waals surface area contributed by atoms with Crippen LogP contribution in [0, 0.1) is 11.3 Å². The summed E-state index contributed by atoms with van der Waals surface area (Å²) in [6, 6.07) is 18.8. The number of rotatable bonds is 4. The first-order valence-corrected chi connectivity index (χ1v) is 12.2. The van der Waals surface area contributed by atoms with Crippen molar-refractivity contribution in [1.29, 1.82) is 5.26 Å². The molecule has 4 N–H and O–H groups in total. The second-order valence-corrected chi connectivity index (χ2v) is 9.62. The van der Waals surface area contributed by atoms with Gasteiger partial charge in [0.05, 0.1) is 18.4 Å². The average Bonchev–Trinajstić information content (AvgIpc) is 3.41. The van der Waals surface area contributed by atoms with Crippen LogP contribution in [-0.2, 0) is 6.42 Å². The quantitative estimate of drug-likeness (QED) is 0.322. The van der Waals surface area contributed by atoms with Crippen LogP contribution in [0.25, 0.3) is 5.57 Å². The van der Waals surface area contributed by atoms with Crippen LogP contribution in [0.4, 0.5) is 22.2 Å². The molecule has 1 aliphatic heterocycles. The largest absolute Gasteiger partial charge is 0.497 e. The molecule has 3 heterocycles. The van der Waals surface area contributed by atoms with Gasteiger partial charge in [-0.3, -0.25) is 14.6 Å². The highest BCUT2D eigenvalue weighted by Gasteiger charge is 2.38. The number of nitriles is 1. The molecule has 1 aliphatic carbocycles. The van der Waals surface area contributed by atoms with Crippen LogP contribution >= 0.6 is 11.3 Å². The number of fused-ring (bicyclic) bond motifs is 3. The number of hydrogen-bond acceptors (Lipinski definition) is 8. The molecule has 0 spiro atoms. The van der Waals surface area contributed by atoms with Gasteiger partial charge in [0.15, 0.2) is 11.5 Å². The molecule has 0 fully saturated rings. The number of allylic oxidation sites excluding steroid dienone is 2. The van der Waals surface area contributed by atoms with E-state index < -0.39 is 6.04 Å². The molecule has 1 unspecified atom stereocenters. The van der Waals surface area contributed by atoms with Gasteiger partial charge in [0.25, 0.3) is 5.56 Å². The lowest BCUT2D eigenvalue weighted by Crippen LogP contribution is -2.27. The maximum absolute atomic E-state index is 13.1. The van der Waals surface area contributed by atoms with Gasteiger partial charge in [0.2, 0.25) is 0 Å². The van der Waals surface area contributed by atoms with Gasteiger partial charge in [0, 0.05) is 21.7 Å². The number of anilines is 2. The van der Waals surface area contributed by atoms with Crippen molar-refractivity contribution in [2.24, 2.45) is 10.2 Å². The number of nitrogen functional groups attached to an aromatic ring is 1. The second kappa shape index (κ2) is 8.55. The number of nitrogens with two attached hydrogens (primary N) is 1. The van der Waals surface area contributed by atoms with Crippen molar-refractivity contribution in [2.75, 3.05) is 18.2 Å². The van der Waals surface area contributed by atoms with Crippen molar-refractivity contribution in [3.05, 3.63) is 92.2 Å². The van der Waals surface area contributed by atoms with Crippen LogP contribution in [0.2, 0.25) is 0 Å². The Morgan fingerprint density at radius 2 is 1.92 bits per heavy atom. The molecule has 0 radical (unpaired) electrons. The van der Waals surface area contributed by atoms with Gasteiger partial charge < -0.3 is 15.8 Å². The van der Waals surface area contributed by atoms with E-state index in [1.54, 1.807) is 11.8 Å². The van der Waals surface area contributed by atoms with E-state index in [2.05, 4.69) is 26.7 Å². The zero-order chi connectivity index (χ0) is 24.8. The minimum Gasteiger partial charge on any atom is -0.497 e. The molecule has 0 saturated carbocycles. The number of methoxy groups -OCH3 is 1. The SMILES string of the molecule is COc1ccc(C2C3=C(CCc4sc(N)c(C#N)c43)Nc3c(N=Nc4ccccc4)c(=O)[nH]n32)cc1. The summed E-state index contributed by atoms with van der Waals surface area (Å²) in [5, 5.41) is 25.4. The molecule has 2 aromatic heterocycles. The van der Waals surface area contributed by atoms with Crippen LogP contribution in [0.3, 0.4) is 0 Å². The van der Waals surface area contributed by atoms with E-state index >= 15 is 0 Å². The molecule has 36 heavy (non-hydrogen) atoms. The van der Waals surface area contributed by atoms with Gasteiger partial charge >= 0.3 is 0 Å². The summed E-state index contributed by atoms with van der Waals surface area (Å²) in [6.45, 7) is 0. The molecule has 2 aromatic carbocycles. The number of azo groups is 1. The van der Waals surface area contributed by atoms with Crippen molar-refractivity contribution < 1.29 is 4.74 Å². The third-order valence-electron chi connectivity index (χ3n) is 6.47. The molecule has 10 heteroatoms. The van der Waals surface area contributed by atoms with Gasteiger partial charge in [-0.25, -0.2) is 0 Å². The van der Waals surface area contributed by atoms with Gasteiger partial charge in [-0.15, -0.1) is 16.5 Å². The molecular formula is C26H21N7O2S. The molecule has 1 atom stereocenters. The summed E-state index contributed by atoms with van der Waals surface area (Å²) >= 11 is 1.45. The van der Waals surface area contributed by atoms with Crippen LogP contribution in [0.15, 0.2) is 75.3 Å². The zero-order valence-electron chi connectivity index (χ0n) is 19.3. The number of aromatic nitrogens is 2. The molecule has 0 saturated heterocycles. The van der Waals surface area contributed by atoms with Crippen LogP contribution in [0.1, 0.15) is 34.0 Å². The normalized spacial score (nSPS) is 16.2. The van der Waals surface area contributed by atoms with Crippen molar-refractivity contribution in [2.45, 2.75) is 18.9 Å². The Bertz CT molecular complexity index is 1640. The molecule has 178 valence electrons. The standard InChI is InChI=1S/C26H21N7O2S/c1-35-16-9-7-14(8-10-16)23-21-18(11-12-19-20(21)17(13-27)24(28)36-19)29-25-22(26(34)32-33(23)25)31-30-15-5-3-2-4-6-15/h2-10,23,29H,11-12,28H2,1H3,(H,32,34). The number of aryl methyl sites for hydroxylation is 1.